The van der Waals surface area contributed by atoms with Crippen LogP contribution in [0.3, 0.4) is 0 Å². The predicted molar refractivity (Wildman–Crippen MR) is 125 cm³/mol. The largest absolute Gasteiger partial charge is 0.433 e. The Morgan fingerprint density at radius 1 is 1.15 bits per heavy atom. The Labute approximate surface area is 199 Å². The molecule has 1 saturated carbocycles. The molecule has 0 radical (unpaired) electrons. The van der Waals surface area contributed by atoms with Gasteiger partial charge in [0.15, 0.2) is 0 Å². The smallest absolute Gasteiger partial charge is 0.339 e. The molecule has 3 heterocycles. The number of nitrogens with zero attached hydrogens (tertiary/aromatic N) is 4. The zero-order valence-electron chi connectivity index (χ0n) is 19.8. The van der Waals surface area contributed by atoms with Crippen molar-refractivity contribution in [3.8, 4) is 0 Å². The number of hydrogen-bond donors (Lipinski definition) is 0. The van der Waals surface area contributed by atoms with Crippen molar-refractivity contribution < 1.29 is 18.0 Å². The van der Waals surface area contributed by atoms with Crippen molar-refractivity contribution in [3.63, 3.8) is 0 Å². The number of piperidine rings is 1. The Morgan fingerprint density at radius 3 is 2.53 bits per heavy atom. The summed E-state index contributed by atoms with van der Waals surface area (Å²) in [6.07, 6.45) is 6.73. The second-order valence-electron chi connectivity index (χ2n) is 10.5. The molecule has 0 bridgehead atoms. The molecule has 5 nitrogen and oxygen atoms in total. The van der Waals surface area contributed by atoms with Crippen molar-refractivity contribution in [2.75, 3.05) is 45.8 Å². The molecule has 4 aliphatic rings. The summed E-state index contributed by atoms with van der Waals surface area (Å²) in [6.45, 7) is 7.99. The van der Waals surface area contributed by atoms with Crippen molar-refractivity contribution in [2.45, 2.75) is 51.2 Å². The third-order valence-electron chi connectivity index (χ3n) is 8.15. The molecule has 34 heavy (non-hydrogen) atoms. The van der Waals surface area contributed by atoms with Crippen molar-refractivity contribution in [3.05, 3.63) is 47.3 Å². The van der Waals surface area contributed by atoms with E-state index in [-0.39, 0.29) is 11.3 Å². The van der Waals surface area contributed by atoms with Gasteiger partial charge < -0.3 is 4.90 Å². The Bertz CT molecular complexity index is 975. The maximum atomic E-state index is 13.0. The van der Waals surface area contributed by atoms with Crippen LogP contribution in [0.25, 0.3) is 5.57 Å². The molecule has 1 atom stereocenters. The molecule has 2 aliphatic carbocycles. The van der Waals surface area contributed by atoms with E-state index in [0.29, 0.717) is 12.1 Å². The van der Waals surface area contributed by atoms with E-state index in [1.54, 1.807) is 0 Å². The van der Waals surface area contributed by atoms with Gasteiger partial charge in [-0.15, -0.1) is 0 Å². The monoisotopic (exact) mass is 474 g/mol. The third kappa shape index (κ3) is 4.80. The van der Waals surface area contributed by atoms with Crippen LogP contribution in [-0.2, 0) is 11.0 Å². The fourth-order valence-corrected chi connectivity index (χ4v) is 5.73. The number of halogens is 3. The number of rotatable bonds is 4. The summed E-state index contributed by atoms with van der Waals surface area (Å²) in [5.74, 6) is 0.229. The van der Waals surface area contributed by atoms with Gasteiger partial charge in [-0.25, -0.2) is 0 Å². The normalized spacial score (nSPS) is 27.0. The average Bonchev–Trinajstić information content (AvgIpc) is 2.77. The lowest BCUT2D eigenvalue weighted by Crippen LogP contribution is -2.55. The van der Waals surface area contributed by atoms with Crippen molar-refractivity contribution in [1.82, 2.24) is 19.7 Å². The highest BCUT2D eigenvalue weighted by Gasteiger charge is 2.38. The summed E-state index contributed by atoms with van der Waals surface area (Å²) in [5.41, 5.74) is 2.03. The third-order valence-corrected chi connectivity index (χ3v) is 8.15. The molecule has 1 aromatic rings. The number of alkyl halides is 3. The van der Waals surface area contributed by atoms with Gasteiger partial charge in [0.2, 0.25) is 5.91 Å². The Balaban J connectivity index is 1.16. The number of aromatic nitrogens is 1. The molecular formula is C26H33F3N4O. The van der Waals surface area contributed by atoms with Gasteiger partial charge in [-0.1, -0.05) is 37.1 Å². The van der Waals surface area contributed by atoms with Crippen molar-refractivity contribution in [1.29, 1.82) is 0 Å². The lowest BCUT2D eigenvalue weighted by atomic mass is 9.70. The van der Waals surface area contributed by atoms with E-state index in [4.69, 9.17) is 0 Å². The van der Waals surface area contributed by atoms with Crippen LogP contribution in [-0.4, -0.2) is 77.4 Å². The summed E-state index contributed by atoms with van der Waals surface area (Å²) in [6, 6.07) is 3.29. The lowest BCUT2D eigenvalue weighted by Gasteiger charge is -2.45. The zero-order chi connectivity index (χ0) is 23.9. The second-order valence-corrected chi connectivity index (χ2v) is 10.5. The maximum Gasteiger partial charge on any atom is 0.433 e. The van der Waals surface area contributed by atoms with Crippen molar-refractivity contribution >= 4 is 11.5 Å². The topological polar surface area (TPSA) is 39.7 Å². The van der Waals surface area contributed by atoms with Crippen LogP contribution in [0.15, 0.2) is 36.1 Å². The Morgan fingerprint density at radius 2 is 1.91 bits per heavy atom. The summed E-state index contributed by atoms with van der Waals surface area (Å²) < 4.78 is 38.5. The molecule has 0 spiro atoms. The molecule has 184 valence electrons. The number of carbonyl (C=O) groups is 1. The highest BCUT2D eigenvalue weighted by Crippen LogP contribution is 2.43. The number of fused-ring (bicyclic) bond motifs is 1. The fraction of sp³-hybridized carbons (Fsp3) is 0.615. The summed E-state index contributed by atoms with van der Waals surface area (Å²) in [5, 5.41) is 0. The SMILES string of the molecule is CC12CC=C(c3ccc(C(F)(F)F)nc3)C=C1CCN(CC(=O)N1CCN(C3CCC3)CC1)C2. The molecule has 5 rings (SSSR count). The second kappa shape index (κ2) is 9.11. The zero-order valence-corrected chi connectivity index (χ0v) is 19.8. The van der Waals surface area contributed by atoms with Gasteiger partial charge in [-0.3, -0.25) is 19.6 Å². The minimum Gasteiger partial charge on any atom is -0.339 e. The Kier molecular flexibility index (Phi) is 6.31. The number of allylic oxidation sites excluding steroid dienone is 3. The lowest BCUT2D eigenvalue weighted by molar-refractivity contribution is -0.141. The first-order valence-corrected chi connectivity index (χ1v) is 12.4. The van der Waals surface area contributed by atoms with Crippen molar-refractivity contribution in [2.24, 2.45) is 5.41 Å². The van der Waals surface area contributed by atoms with Gasteiger partial charge >= 0.3 is 6.18 Å². The molecule has 1 unspecified atom stereocenters. The molecule has 2 aliphatic heterocycles. The number of amides is 1. The number of pyridine rings is 1. The first kappa shape index (κ1) is 23.5. The van der Waals surface area contributed by atoms with Gasteiger partial charge in [-0.05, 0) is 42.9 Å². The molecule has 0 N–H and O–H groups in total. The Hall–Kier alpha value is -2.19. The van der Waals surface area contributed by atoms with E-state index >= 15 is 0 Å². The van der Waals surface area contributed by atoms with Crippen LogP contribution in [0.4, 0.5) is 13.2 Å². The number of hydrogen-bond acceptors (Lipinski definition) is 4. The predicted octanol–water partition coefficient (Wildman–Crippen LogP) is 4.22. The van der Waals surface area contributed by atoms with E-state index in [9.17, 15) is 18.0 Å². The van der Waals surface area contributed by atoms with Crippen LogP contribution in [0.5, 0.6) is 0 Å². The highest BCUT2D eigenvalue weighted by atomic mass is 19.4. The molecule has 0 aromatic carbocycles. The fourth-order valence-electron chi connectivity index (χ4n) is 5.73. The van der Waals surface area contributed by atoms with Gasteiger partial charge in [0, 0.05) is 56.9 Å². The van der Waals surface area contributed by atoms with E-state index in [2.05, 4.69) is 33.9 Å². The van der Waals surface area contributed by atoms with Gasteiger partial charge in [0.1, 0.15) is 5.69 Å². The molecule has 1 aromatic heterocycles. The van der Waals surface area contributed by atoms with E-state index in [1.807, 2.05) is 4.90 Å². The average molecular weight is 475 g/mol. The van der Waals surface area contributed by atoms with Crippen LogP contribution in [0.1, 0.15) is 50.3 Å². The summed E-state index contributed by atoms with van der Waals surface area (Å²) in [4.78, 5) is 23.4. The minimum absolute atomic E-state index is 0.0513. The van der Waals surface area contributed by atoms with Gasteiger partial charge in [0.25, 0.3) is 0 Å². The number of likely N-dealkylation sites (tertiary alicyclic amines) is 1. The number of carbonyl (C=O) groups excluding carboxylic acids is 1. The van der Waals surface area contributed by atoms with E-state index < -0.39 is 11.9 Å². The molecular weight excluding hydrogens is 441 g/mol. The standard InChI is InChI=1S/C26H33F3N4O/c1-25-9-7-19(20-5-6-23(30-16-20)26(27,28)29)15-21(25)8-10-31(18-25)17-24(34)33-13-11-32(12-14-33)22-3-2-4-22/h5-7,15-16,22H,2-4,8-14,17-18H2,1H3. The molecule has 8 heteroatoms. The van der Waals surface area contributed by atoms with Crippen LogP contribution >= 0.6 is 0 Å². The number of piperazine rings is 1. The van der Waals surface area contributed by atoms with Crippen LogP contribution in [0, 0.1) is 5.41 Å². The summed E-state index contributed by atoms with van der Waals surface area (Å²) >= 11 is 0. The van der Waals surface area contributed by atoms with E-state index in [1.165, 1.54) is 37.1 Å². The van der Waals surface area contributed by atoms with Crippen LogP contribution < -0.4 is 0 Å². The van der Waals surface area contributed by atoms with E-state index in [0.717, 1.165) is 69.8 Å². The highest BCUT2D eigenvalue weighted by molar-refractivity contribution is 5.79. The van der Waals surface area contributed by atoms with Crippen LogP contribution in [0.2, 0.25) is 0 Å². The maximum absolute atomic E-state index is 13.0. The van der Waals surface area contributed by atoms with Gasteiger partial charge in [-0.2, -0.15) is 13.2 Å². The minimum atomic E-state index is -4.43. The molecule has 1 amide bonds. The van der Waals surface area contributed by atoms with Gasteiger partial charge in [0.05, 0.1) is 6.54 Å². The quantitative estimate of drug-likeness (QED) is 0.655. The first-order valence-electron chi connectivity index (χ1n) is 12.4. The molecule has 2 saturated heterocycles. The first-order chi connectivity index (χ1) is 16.2. The molecule has 3 fully saturated rings. The summed E-state index contributed by atoms with van der Waals surface area (Å²) in [7, 11) is 0.